The molecule has 0 saturated carbocycles. The van der Waals surface area contributed by atoms with Crippen molar-refractivity contribution < 1.29 is 4.74 Å². The van der Waals surface area contributed by atoms with E-state index in [0.717, 1.165) is 10.2 Å². The van der Waals surface area contributed by atoms with Crippen LogP contribution in [0.1, 0.15) is 24.0 Å². The zero-order valence-corrected chi connectivity index (χ0v) is 13.9. The van der Waals surface area contributed by atoms with Crippen molar-refractivity contribution in [1.82, 2.24) is 0 Å². The Bertz CT molecular complexity index is 603. The molecule has 21 heavy (non-hydrogen) atoms. The van der Waals surface area contributed by atoms with Crippen molar-refractivity contribution in [1.29, 1.82) is 0 Å². The first-order valence-corrected chi connectivity index (χ1v) is 8.24. The van der Waals surface area contributed by atoms with Gasteiger partial charge in [0.2, 0.25) is 0 Å². The summed E-state index contributed by atoms with van der Waals surface area (Å²) >= 11 is 3.52. The van der Waals surface area contributed by atoms with Crippen molar-refractivity contribution >= 4 is 21.6 Å². The maximum Gasteiger partial charge on any atom is 0.119 e. The van der Waals surface area contributed by atoms with Gasteiger partial charge in [0.1, 0.15) is 12.4 Å². The lowest BCUT2D eigenvalue weighted by Crippen LogP contribution is -2.17. The van der Waals surface area contributed by atoms with E-state index in [2.05, 4.69) is 70.2 Å². The molecule has 1 aliphatic heterocycles. The molecule has 2 nitrogen and oxygen atoms in total. The summed E-state index contributed by atoms with van der Waals surface area (Å²) in [5, 5.41) is 0. The fourth-order valence-electron chi connectivity index (χ4n) is 2.69. The summed E-state index contributed by atoms with van der Waals surface area (Å²) in [6.07, 6.45) is 2.61. The van der Waals surface area contributed by atoms with Gasteiger partial charge in [-0.25, -0.2) is 0 Å². The van der Waals surface area contributed by atoms with Crippen LogP contribution in [-0.2, 0) is 6.61 Å². The van der Waals surface area contributed by atoms with Crippen molar-refractivity contribution in [3.63, 3.8) is 0 Å². The highest BCUT2D eigenvalue weighted by atomic mass is 79.9. The molecule has 110 valence electrons. The summed E-state index contributed by atoms with van der Waals surface area (Å²) < 4.78 is 7.01. The molecule has 3 rings (SSSR count). The van der Waals surface area contributed by atoms with Gasteiger partial charge in [0.15, 0.2) is 0 Å². The number of anilines is 1. The van der Waals surface area contributed by atoms with Crippen molar-refractivity contribution in [3.8, 4) is 5.75 Å². The van der Waals surface area contributed by atoms with E-state index in [1.807, 2.05) is 0 Å². The summed E-state index contributed by atoms with van der Waals surface area (Å²) in [5.41, 5.74) is 3.74. The van der Waals surface area contributed by atoms with Crippen molar-refractivity contribution in [2.24, 2.45) is 0 Å². The summed E-state index contributed by atoms with van der Waals surface area (Å²) in [7, 11) is 0. The number of ether oxygens (including phenoxy) is 1. The van der Waals surface area contributed by atoms with E-state index in [1.54, 1.807) is 0 Å². The van der Waals surface area contributed by atoms with Crippen LogP contribution >= 0.6 is 15.9 Å². The van der Waals surface area contributed by atoms with Gasteiger partial charge in [0, 0.05) is 23.2 Å². The molecular weight excluding hydrogens is 326 g/mol. The van der Waals surface area contributed by atoms with Gasteiger partial charge in [-0.1, -0.05) is 28.1 Å². The number of halogens is 1. The van der Waals surface area contributed by atoms with Gasteiger partial charge in [-0.05, 0) is 61.2 Å². The first-order chi connectivity index (χ1) is 10.2. The third-order valence-electron chi connectivity index (χ3n) is 3.94. The van der Waals surface area contributed by atoms with E-state index in [1.165, 1.54) is 42.7 Å². The average molecular weight is 346 g/mol. The van der Waals surface area contributed by atoms with Crippen molar-refractivity contribution in [2.75, 3.05) is 18.0 Å². The summed E-state index contributed by atoms with van der Waals surface area (Å²) in [5.74, 6) is 0.929. The summed E-state index contributed by atoms with van der Waals surface area (Å²) in [4.78, 5) is 2.43. The molecule has 0 bridgehead atoms. The molecule has 0 atom stereocenters. The fraction of sp³-hybridized carbons (Fsp3) is 0.333. The minimum Gasteiger partial charge on any atom is -0.489 e. The Hall–Kier alpha value is -1.48. The molecule has 2 aromatic rings. The second-order valence-electron chi connectivity index (χ2n) is 5.56. The van der Waals surface area contributed by atoms with Crippen LogP contribution in [0, 0.1) is 6.92 Å². The van der Waals surface area contributed by atoms with Crippen molar-refractivity contribution in [2.45, 2.75) is 26.4 Å². The van der Waals surface area contributed by atoms with Crippen LogP contribution in [0.15, 0.2) is 46.9 Å². The second-order valence-corrected chi connectivity index (χ2v) is 6.41. The Kier molecular flexibility index (Phi) is 4.49. The van der Waals surface area contributed by atoms with Crippen LogP contribution in [0.5, 0.6) is 5.75 Å². The standard InChI is InChI=1S/C18H20BrNO/c1-14-12-15(4-9-18(14)19)13-21-17-7-5-16(6-8-17)20-10-2-3-11-20/h4-9,12H,2-3,10-11,13H2,1H3. The van der Waals surface area contributed by atoms with Gasteiger partial charge >= 0.3 is 0 Å². The predicted molar refractivity (Wildman–Crippen MR) is 91.1 cm³/mol. The lowest BCUT2D eigenvalue weighted by Gasteiger charge is -2.17. The normalized spacial score (nSPS) is 14.5. The molecule has 3 heteroatoms. The van der Waals surface area contributed by atoms with E-state index in [0.29, 0.717) is 6.61 Å². The molecule has 1 fully saturated rings. The molecular formula is C18H20BrNO. The van der Waals surface area contributed by atoms with E-state index >= 15 is 0 Å². The van der Waals surface area contributed by atoms with Crippen LogP contribution in [-0.4, -0.2) is 13.1 Å². The lowest BCUT2D eigenvalue weighted by molar-refractivity contribution is 0.306. The van der Waals surface area contributed by atoms with E-state index in [-0.39, 0.29) is 0 Å². The number of hydrogen-bond donors (Lipinski definition) is 0. The topological polar surface area (TPSA) is 12.5 Å². The number of rotatable bonds is 4. The number of hydrogen-bond acceptors (Lipinski definition) is 2. The summed E-state index contributed by atoms with van der Waals surface area (Å²) in [6.45, 7) is 5.06. The molecule has 1 aliphatic rings. The lowest BCUT2D eigenvalue weighted by atomic mass is 10.1. The Labute approximate surface area is 134 Å². The molecule has 2 aromatic carbocycles. The minimum atomic E-state index is 0.608. The zero-order valence-electron chi connectivity index (χ0n) is 12.3. The molecule has 0 aliphatic carbocycles. The van der Waals surface area contributed by atoms with Crippen LogP contribution in [0.4, 0.5) is 5.69 Å². The Morgan fingerprint density at radius 2 is 1.76 bits per heavy atom. The second kappa shape index (κ2) is 6.52. The SMILES string of the molecule is Cc1cc(COc2ccc(N3CCCC3)cc2)ccc1Br. The summed E-state index contributed by atoms with van der Waals surface area (Å²) in [6, 6.07) is 14.8. The molecule has 0 spiro atoms. The predicted octanol–water partition coefficient (Wildman–Crippen LogP) is 4.94. The van der Waals surface area contributed by atoms with Gasteiger partial charge in [0.25, 0.3) is 0 Å². The molecule has 0 unspecified atom stereocenters. The molecule has 1 saturated heterocycles. The smallest absolute Gasteiger partial charge is 0.119 e. The van der Waals surface area contributed by atoms with Gasteiger partial charge in [-0.3, -0.25) is 0 Å². The van der Waals surface area contributed by atoms with E-state index in [9.17, 15) is 0 Å². The molecule has 0 N–H and O–H groups in total. The van der Waals surface area contributed by atoms with Crippen LogP contribution in [0.3, 0.4) is 0 Å². The third-order valence-corrected chi connectivity index (χ3v) is 4.83. The maximum absolute atomic E-state index is 5.87. The van der Waals surface area contributed by atoms with Gasteiger partial charge < -0.3 is 9.64 Å². The van der Waals surface area contributed by atoms with Gasteiger partial charge in [-0.15, -0.1) is 0 Å². The van der Waals surface area contributed by atoms with Crippen LogP contribution in [0.2, 0.25) is 0 Å². The Morgan fingerprint density at radius 3 is 2.43 bits per heavy atom. The molecule has 0 amide bonds. The molecule has 0 aromatic heterocycles. The number of aryl methyl sites for hydroxylation is 1. The Morgan fingerprint density at radius 1 is 1.05 bits per heavy atom. The van der Waals surface area contributed by atoms with Crippen LogP contribution in [0.25, 0.3) is 0 Å². The number of benzene rings is 2. The average Bonchev–Trinajstić information content (AvgIpc) is 3.03. The van der Waals surface area contributed by atoms with E-state index in [4.69, 9.17) is 4.74 Å². The molecule has 1 heterocycles. The fourth-order valence-corrected chi connectivity index (χ4v) is 2.94. The highest BCUT2D eigenvalue weighted by Gasteiger charge is 2.11. The maximum atomic E-state index is 5.87. The number of nitrogens with zero attached hydrogens (tertiary/aromatic N) is 1. The van der Waals surface area contributed by atoms with Crippen molar-refractivity contribution in [3.05, 3.63) is 58.1 Å². The third kappa shape index (κ3) is 3.59. The monoisotopic (exact) mass is 345 g/mol. The molecule has 0 radical (unpaired) electrons. The Balaban J connectivity index is 1.61. The van der Waals surface area contributed by atoms with E-state index < -0.39 is 0 Å². The zero-order chi connectivity index (χ0) is 14.7. The minimum absolute atomic E-state index is 0.608. The quantitative estimate of drug-likeness (QED) is 0.778. The first kappa shape index (κ1) is 14.5. The highest BCUT2D eigenvalue weighted by molar-refractivity contribution is 9.10. The van der Waals surface area contributed by atoms with Gasteiger partial charge in [-0.2, -0.15) is 0 Å². The van der Waals surface area contributed by atoms with Crippen LogP contribution < -0.4 is 9.64 Å². The van der Waals surface area contributed by atoms with Gasteiger partial charge in [0.05, 0.1) is 0 Å². The first-order valence-electron chi connectivity index (χ1n) is 7.45. The largest absolute Gasteiger partial charge is 0.489 e. The highest BCUT2D eigenvalue weighted by Crippen LogP contribution is 2.24.